The van der Waals surface area contributed by atoms with Crippen molar-refractivity contribution >= 4 is 45.6 Å². The molecular weight excluding hydrogens is 348 g/mol. The standard InChI is InChI=1S/C19H14N4S2/c24-16(12-25-13-6-2-1-3-7-13)22-23-17-14-8-4-10-20-18(14)19-15(17)9-5-11-21-19/h1-11,20H,12H2. The fourth-order valence-electron chi connectivity index (χ4n) is 2.67. The van der Waals surface area contributed by atoms with Crippen LogP contribution in [0.4, 0.5) is 5.69 Å². The van der Waals surface area contributed by atoms with E-state index < -0.39 is 0 Å². The van der Waals surface area contributed by atoms with E-state index in [2.05, 4.69) is 32.3 Å². The van der Waals surface area contributed by atoms with Crippen LogP contribution in [0, 0.1) is 0 Å². The van der Waals surface area contributed by atoms with Crippen LogP contribution in [-0.2, 0) is 0 Å². The summed E-state index contributed by atoms with van der Waals surface area (Å²) in [5.41, 5.74) is 3.67. The van der Waals surface area contributed by atoms with Crippen LogP contribution in [0.2, 0.25) is 0 Å². The Bertz CT molecular complexity index is 1020. The van der Waals surface area contributed by atoms with Crippen LogP contribution in [0.5, 0.6) is 0 Å². The Labute approximate surface area is 154 Å². The first-order valence-corrected chi connectivity index (χ1v) is 9.18. The van der Waals surface area contributed by atoms with Crippen LogP contribution in [0.15, 0.2) is 82.1 Å². The van der Waals surface area contributed by atoms with E-state index in [0.29, 0.717) is 10.7 Å². The second kappa shape index (κ2) is 7.13. The molecule has 1 N–H and O–H groups in total. The minimum Gasteiger partial charge on any atom is -0.359 e. The topological polar surface area (TPSA) is 53.4 Å². The lowest BCUT2D eigenvalue weighted by atomic mass is 10.2. The number of benzene rings is 1. The van der Waals surface area contributed by atoms with Crippen molar-refractivity contribution < 1.29 is 0 Å². The number of aromatic amines is 1. The van der Waals surface area contributed by atoms with Gasteiger partial charge in [0, 0.05) is 28.2 Å². The van der Waals surface area contributed by atoms with Crippen molar-refractivity contribution in [3.05, 3.63) is 67.0 Å². The summed E-state index contributed by atoms with van der Waals surface area (Å²) in [4.78, 5) is 9.45. The van der Waals surface area contributed by atoms with E-state index in [4.69, 9.17) is 12.2 Å². The highest BCUT2D eigenvalue weighted by Crippen LogP contribution is 2.42. The normalized spacial score (nSPS) is 11.5. The van der Waals surface area contributed by atoms with E-state index >= 15 is 0 Å². The molecule has 0 bridgehead atoms. The summed E-state index contributed by atoms with van der Waals surface area (Å²) in [6.45, 7) is 0. The second-order valence-corrected chi connectivity index (χ2v) is 6.92. The van der Waals surface area contributed by atoms with Gasteiger partial charge in [-0.3, -0.25) is 4.98 Å². The predicted octanol–water partition coefficient (Wildman–Crippen LogP) is 5.87. The van der Waals surface area contributed by atoms with Gasteiger partial charge in [0.2, 0.25) is 0 Å². The van der Waals surface area contributed by atoms with Crippen molar-refractivity contribution in [3.8, 4) is 11.3 Å². The average molecular weight is 362 g/mol. The Hall–Kier alpha value is -2.57. The van der Waals surface area contributed by atoms with Crippen LogP contribution < -0.4 is 0 Å². The van der Waals surface area contributed by atoms with Gasteiger partial charge in [0.25, 0.3) is 0 Å². The maximum Gasteiger partial charge on any atom is 0.136 e. The number of aromatic nitrogens is 2. The number of nitrogens with zero attached hydrogens (tertiary/aromatic N) is 3. The number of pyridine rings is 2. The molecule has 4 rings (SSSR count). The predicted molar refractivity (Wildman–Crippen MR) is 107 cm³/mol. The average Bonchev–Trinajstić information content (AvgIpc) is 2.99. The van der Waals surface area contributed by atoms with Crippen molar-refractivity contribution in [1.29, 1.82) is 0 Å². The molecule has 4 nitrogen and oxygen atoms in total. The van der Waals surface area contributed by atoms with Gasteiger partial charge in [0.1, 0.15) is 10.7 Å². The monoisotopic (exact) mass is 362 g/mol. The zero-order valence-corrected chi connectivity index (χ0v) is 14.8. The largest absolute Gasteiger partial charge is 0.359 e. The van der Waals surface area contributed by atoms with E-state index in [1.807, 2.05) is 48.7 Å². The molecule has 2 aliphatic rings. The molecule has 2 aromatic rings. The molecule has 1 aromatic carbocycles. The first-order chi connectivity index (χ1) is 12.3. The third kappa shape index (κ3) is 3.31. The van der Waals surface area contributed by atoms with Gasteiger partial charge in [-0.05, 0) is 36.4 Å². The highest BCUT2D eigenvalue weighted by Gasteiger charge is 2.18. The van der Waals surface area contributed by atoms with Crippen LogP contribution >= 0.6 is 24.0 Å². The van der Waals surface area contributed by atoms with Crippen molar-refractivity contribution in [2.45, 2.75) is 4.90 Å². The summed E-state index contributed by atoms with van der Waals surface area (Å²) in [6.07, 6.45) is 3.67. The molecule has 2 heterocycles. The molecule has 0 atom stereocenters. The Morgan fingerprint density at radius 1 is 1.08 bits per heavy atom. The van der Waals surface area contributed by atoms with Crippen molar-refractivity contribution in [2.24, 2.45) is 10.2 Å². The Balaban J connectivity index is 1.59. The molecule has 0 fully saturated rings. The van der Waals surface area contributed by atoms with Crippen molar-refractivity contribution in [3.63, 3.8) is 0 Å². The number of hydrogen-bond donors (Lipinski definition) is 1. The van der Waals surface area contributed by atoms with E-state index in [0.717, 1.165) is 27.8 Å². The third-order valence-corrected chi connectivity index (χ3v) is 5.21. The molecule has 1 aromatic heterocycles. The maximum atomic E-state index is 5.37. The van der Waals surface area contributed by atoms with Crippen LogP contribution in [0.25, 0.3) is 22.2 Å². The number of azo groups is 1. The molecule has 1 aliphatic carbocycles. The summed E-state index contributed by atoms with van der Waals surface area (Å²) in [5.74, 6) is 0.629. The molecule has 25 heavy (non-hydrogen) atoms. The first-order valence-electron chi connectivity index (χ1n) is 7.79. The third-order valence-electron chi connectivity index (χ3n) is 3.78. The zero-order chi connectivity index (χ0) is 17.1. The van der Waals surface area contributed by atoms with Crippen LogP contribution in [-0.4, -0.2) is 20.7 Å². The summed E-state index contributed by atoms with van der Waals surface area (Å²) in [7, 11) is 0. The van der Waals surface area contributed by atoms with Gasteiger partial charge in [-0.1, -0.05) is 30.4 Å². The SMILES string of the molecule is S=C(CSc1ccccc1)N=Nc1c2ccc[nH]c-2c2ncccc12. The summed E-state index contributed by atoms with van der Waals surface area (Å²) < 4.78 is 0. The molecule has 0 saturated heterocycles. The zero-order valence-electron chi connectivity index (χ0n) is 13.2. The molecule has 0 spiro atoms. The second-order valence-electron chi connectivity index (χ2n) is 5.40. The lowest BCUT2D eigenvalue weighted by Crippen LogP contribution is -1.92. The summed E-state index contributed by atoms with van der Waals surface area (Å²) in [5, 5.41) is 9.70. The number of nitrogens with one attached hydrogen (secondary N) is 1. The number of thioether (sulfide) groups is 1. The first kappa shape index (κ1) is 15.9. The summed E-state index contributed by atoms with van der Waals surface area (Å²) >= 11 is 7.03. The summed E-state index contributed by atoms with van der Waals surface area (Å²) in [6, 6.07) is 18.0. The Morgan fingerprint density at radius 3 is 2.84 bits per heavy atom. The van der Waals surface area contributed by atoms with Gasteiger partial charge in [-0.15, -0.1) is 22.0 Å². The highest BCUT2D eigenvalue weighted by molar-refractivity contribution is 8.01. The molecular formula is C19H14N4S2. The van der Waals surface area contributed by atoms with Crippen LogP contribution in [0.1, 0.15) is 0 Å². The van der Waals surface area contributed by atoms with Gasteiger partial charge in [-0.25, -0.2) is 0 Å². The molecule has 122 valence electrons. The molecule has 1 aliphatic heterocycles. The lowest BCUT2D eigenvalue weighted by Gasteiger charge is -2.00. The highest BCUT2D eigenvalue weighted by atomic mass is 32.2. The van der Waals surface area contributed by atoms with Gasteiger partial charge < -0.3 is 4.98 Å². The van der Waals surface area contributed by atoms with E-state index in [1.165, 1.54) is 4.90 Å². The Kier molecular flexibility index (Phi) is 4.54. The smallest absolute Gasteiger partial charge is 0.136 e. The van der Waals surface area contributed by atoms with Crippen molar-refractivity contribution in [1.82, 2.24) is 9.97 Å². The number of hydrogen-bond acceptors (Lipinski definition) is 4. The Morgan fingerprint density at radius 2 is 1.96 bits per heavy atom. The fourth-order valence-corrected chi connectivity index (χ4v) is 3.59. The molecule has 0 radical (unpaired) electrons. The number of H-pyrrole nitrogens is 1. The van der Waals surface area contributed by atoms with Gasteiger partial charge in [0.15, 0.2) is 0 Å². The number of rotatable bonds is 4. The lowest BCUT2D eigenvalue weighted by molar-refractivity contribution is 1.29. The number of fused-ring (bicyclic) bond motifs is 3. The minimum atomic E-state index is 0.570. The van der Waals surface area contributed by atoms with Gasteiger partial charge in [-0.2, -0.15) is 0 Å². The van der Waals surface area contributed by atoms with Crippen molar-refractivity contribution in [2.75, 3.05) is 5.75 Å². The van der Waals surface area contributed by atoms with E-state index in [9.17, 15) is 0 Å². The molecule has 0 amide bonds. The van der Waals surface area contributed by atoms with Gasteiger partial charge in [0.05, 0.1) is 17.0 Å². The van der Waals surface area contributed by atoms with Gasteiger partial charge >= 0.3 is 0 Å². The molecule has 6 heteroatoms. The maximum absolute atomic E-state index is 5.37. The minimum absolute atomic E-state index is 0.570. The van der Waals surface area contributed by atoms with E-state index in [1.54, 1.807) is 18.0 Å². The molecule has 0 saturated carbocycles. The van der Waals surface area contributed by atoms with E-state index in [-0.39, 0.29) is 0 Å². The number of thiocarbonyl (C=S) groups is 1. The fraction of sp³-hybridized carbons (Fsp3) is 0.0526. The quantitative estimate of drug-likeness (QED) is 0.280. The molecule has 0 unspecified atom stereocenters. The van der Waals surface area contributed by atoms with Crippen LogP contribution in [0.3, 0.4) is 0 Å².